The van der Waals surface area contributed by atoms with Crippen molar-refractivity contribution in [1.82, 2.24) is 15.0 Å². The van der Waals surface area contributed by atoms with Gasteiger partial charge in [-0.15, -0.1) is 0 Å². The second-order valence-electron chi connectivity index (χ2n) is 5.67. The molecule has 0 radical (unpaired) electrons. The molecule has 0 atom stereocenters. The van der Waals surface area contributed by atoms with Crippen molar-refractivity contribution in [3.8, 4) is 6.01 Å². The van der Waals surface area contributed by atoms with Gasteiger partial charge >= 0.3 is 6.01 Å². The standard InChI is InChI=1S/C15H30N6O3/c1-11(2)18-14-19-13(20-15(21-14)24-12(3)4)17-6-8-23-10-9-22-7-5-16/h11-12H,5-10,16H2,1-4H3,(H2,17,18,19,20,21). The van der Waals surface area contributed by atoms with Crippen LogP contribution in [0.5, 0.6) is 6.01 Å². The van der Waals surface area contributed by atoms with E-state index >= 15 is 0 Å². The van der Waals surface area contributed by atoms with Gasteiger partial charge in [-0.25, -0.2) is 0 Å². The van der Waals surface area contributed by atoms with Crippen molar-refractivity contribution in [1.29, 1.82) is 0 Å². The molecule has 0 amide bonds. The lowest BCUT2D eigenvalue weighted by Gasteiger charge is -2.13. The van der Waals surface area contributed by atoms with Gasteiger partial charge in [0, 0.05) is 19.1 Å². The molecule has 0 unspecified atom stereocenters. The van der Waals surface area contributed by atoms with Gasteiger partial charge in [-0.3, -0.25) is 0 Å². The van der Waals surface area contributed by atoms with Crippen molar-refractivity contribution in [2.24, 2.45) is 5.73 Å². The summed E-state index contributed by atoms with van der Waals surface area (Å²) >= 11 is 0. The molecule has 0 bridgehead atoms. The van der Waals surface area contributed by atoms with E-state index in [4.69, 9.17) is 19.9 Å². The van der Waals surface area contributed by atoms with Gasteiger partial charge in [0.1, 0.15) is 0 Å². The third kappa shape index (κ3) is 9.43. The molecule has 0 saturated heterocycles. The van der Waals surface area contributed by atoms with Crippen LogP contribution < -0.4 is 21.1 Å². The van der Waals surface area contributed by atoms with Crippen LogP contribution in [0.1, 0.15) is 27.7 Å². The average Bonchev–Trinajstić information content (AvgIpc) is 2.48. The predicted octanol–water partition coefficient (Wildman–Crippen LogP) is 0.883. The van der Waals surface area contributed by atoms with Crippen molar-refractivity contribution < 1.29 is 14.2 Å². The Morgan fingerprint density at radius 1 is 0.917 bits per heavy atom. The Hall–Kier alpha value is -1.71. The number of aromatic nitrogens is 3. The predicted molar refractivity (Wildman–Crippen MR) is 93.5 cm³/mol. The second-order valence-corrected chi connectivity index (χ2v) is 5.67. The SMILES string of the molecule is CC(C)Nc1nc(NCCOCCOCCN)nc(OC(C)C)n1. The highest BCUT2D eigenvalue weighted by molar-refractivity contribution is 5.36. The smallest absolute Gasteiger partial charge is 0.323 e. The molecular formula is C15H30N6O3. The normalized spacial score (nSPS) is 11.1. The fourth-order valence-corrected chi connectivity index (χ4v) is 1.66. The molecule has 0 fully saturated rings. The van der Waals surface area contributed by atoms with Crippen LogP contribution >= 0.6 is 0 Å². The van der Waals surface area contributed by atoms with Crippen molar-refractivity contribution in [3.05, 3.63) is 0 Å². The molecule has 1 heterocycles. The van der Waals surface area contributed by atoms with Crippen molar-refractivity contribution in [3.63, 3.8) is 0 Å². The average molecular weight is 342 g/mol. The lowest BCUT2D eigenvalue weighted by Crippen LogP contribution is -2.19. The largest absolute Gasteiger partial charge is 0.461 e. The molecule has 1 aromatic heterocycles. The first kappa shape index (κ1) is 20.3. The summed E-state index contributed by atoms with van der Waals surface area (Å²) in [5.74, 6) is 0.932. The molecule has 4 N–H and O–H groups in total. The number of ether oxygens (including phenoxy) is 3. The maximum absolute atomic E-state index is 5.56. The minimum absolute atomic E-state index is 0.0102. The van der Waals surface area contributed by atoms with Crippen LogP contribution in [0.4, 0.5) is 11.9 Å². The van der Waals surface area contributed by atoms with E-state index in [9.17, 15) is 0 Å². The summed E-state index contributed by atoms with van der Waals surface area (Å²) in [6.07, 6.45) is -0.0102. The van der Waals surface area contributed by atoms with Crippen LogP contribution in [0.15, 0.2) is 0 Å². The van der Waals surface area contributed by atoms with Gasteiger partial charge < -0.3 is 30.6 Å². The summed E-state index contributed by atoms with van der Waals surface area (Å²) in [6, 6.07) is 0.505. The zero-order chi connectivity index (χ0) is 17.8. The van der Waals surface area contributed by atoms with E-state index in [1.165, 1.54) is 0 Å². The molecule has 1 aromatic rings. The monoisotopic (exact) mass is 342 g/mol. The van der Waals surface area contributed by atoms with Crippen LogP contribution in [0.2, 0.25) is 0 Å². The fourth-order valence-electron chi connectivity index (χ4n) is 1.66. The number of hydrogen-bond donors (Lipinski definition) is 3. The summed E-state index contributed by atoms with van der Waals surface area (Å²) in [7, 11) is 0. The van der Waals surface area contributed by atoms with E-state index in [2.05, 4.69) is 25.6 Å². The van der Waals surface area contributed by atoms with Gasteiger partial charge in [0.25, 0.3) is 0 Å². The molecule has 1 rings (SSSR count). The molecule has 24 heavy (non-hydrogen) atoms. The van der Waals surface area contributed by atoms with Gasteiger partial charge in [0.15, 0.2) is 0 Å². The maximum atomic E-state index is 5.56. The summed E-state index contributed by atoms with van der Waals surface area (Å²) in [4.78, 5) is 12.8. The lowest BCUT2D eigenvalue weighted by molar-refractivity contribution is 0.0547. The molecule has 9 heteroatoms. The summed E-state index contributed by atoms with van der Waals surface area (Å²) in [6.45, 7) is 11.1. The Morgan fingerprint density at radius 3 is 2.21 bits per heavy atom. The zero-order valence-corrected chi connectivity index (χ0v) is 15.0. The van der Waals surface area contributed by atoms with Crippen LogP contribution in [-0.4, -0.2) is 66.6 Å². The van der Waals surface area contributed by atoms with Gasteiger partial charge in [-0.1, -0.05) is 0 Å². The van der Waals surface area contributed by atoms with Crippen LogP contribution in [0.3, 0.4) is 0 Å². The summed E-state index contributed by atoms with van der Waals surface area (Å²) in [5.41, 5.74) is 5.33. The minimum atomic E-state index is -0.0102. The first-order valence-electron chi connectivity index (χ1n) is 8.30. The summed E-state index contributed by atoms with van der Waals surface area (Å²) in [5, 5.41) is 6.25. The highest BCUT2D eigenvalue weighted by Crippen LogP contribution is 2.13. The van der Waals surface area contributed by atoms with Gasteiger partial charge in [-0.05, 0) is 27.7 Å². The van der Waals surface area contributed by atoms with Gasteiger partial charge in [0.05, 0.1) is 32.5 Å². The Labute approximate surface area is 143 Å². The molecule has 0 saturated carbocycles. The molecule has 0 aromatic carbocycles. The number of nitrogens with two attached hydrogens (primary N) is 1. The zero-order valence-electron chi connectivity index (χ0n) is 15.0. The van der Waals surface area contributed by atoms with Gasteiger partial charge in [0.2, 0.25) is 11.9 Å². The lowest BCUT2D eigenvalue weighted by atomic mass is 10.4. The number of nitrogens with one attached hydrogen (secondary N) is 2. The maximum Gasteiger partial charge on any atom is 0.323 e. The van der Waals surface area contributed by atoms with E-state index in [1.807, 2.05) is 27.7 Å². The van der Waals surface area contributed by atoms with Crippen LogP contribution in [0, 0.1) is 0 Å². The Balaban J connectivity index is 2.44. The number of hydrogen-bond acceptors (Lipinski definition) is 9. The van der Waals surface area contributed by atoms with E-state index in [-0.39, 0.29) is 12.1 Å². The fraction of sp³-hybridized carbons (Fsp3) is 0.800. The Morgan fingerprint density at radius 2 is 1.58 bits per heavy atom. The van der Waals surface area contributed by atoms with E-state index < -0.39 is 0 Å². The number of nitrogens with zero attached hydrogens (tertiary/aromatic N) is 3. The van der Waals surface area contributed by atoms with Crippen molar-refractivity contribution in [2.75, 3.05) is 50.2 Å². The second kappa shape index (κ2) is 11.8. The molecule has 0 aliphatic heterocycles. The Bertz CT molecular complexity index is 431. The van der Waals surface area contributed by atoms with E-state index in [0.717, 1.165) is 0 Å². The highest BCUT2D eigenvalue weighted by atomic mass is 16.5. The summed E-state index contributed by atoms with van der Waals surface area (Å²) < 4.78 is 16.2. The van der Waals surface area contributed by atoms with Crippen LogP contribution in [-0.2, 0) is 9.47 Å². The molecule has 0 spiro atoms. The first-order valence-corrected chi connectivity index (χ1v) is 8.30. The molecule has 9 nitrogen and oxygen atoms in total. The molecule has 0 aliphatic rings. The molecule has 0 aliphatic carbocycles. The van der Waals surface area contributed by atoms with E-state index in [1.54, 1.807) is 0 Å². The quantitative estimate of drug-likeness (QED) is 0.449. The third-order valence-electron chi connectivity index (χ3n) is 2.54. The molecule has 138 valence electrons. The Kier molecular flexibility index (Phi) is 9.97. The first-order chi connectivity index (χ1) is 11.5. The highest BCUT2D eigenvalue weighted by Gasteiger charge is 2.09. The number of anilines is 2. The molecular weight excluding hydrogens is 312 g/mol. The van der Waals surface area contributed by atoms with Crippen molar-refractivity contribution in [2.45, 2.75) is 39.8 Å². The number of rotatable bonds is 13. The van der Waals surface area contributed by atoms with E-state index in [0.29, 0.717) is 57.4 Å². The van der Waals surface area contributed by atoms with Gasteiger partial charge in [-0.2, -0.15) is 15.0 Å². The minimum Gasteiger partial charge on any atom is -0.461 e. The third-order valence-corrected chi connectivity index (χ3v) is 2.54. The van der Waals surface area contributed by atoms with Crippen molar-refractivity contribution >= 4 is 11.9 Å². The topological polar surface area (TPSA) is 116 Å². The van der Waals surface area contributed by atoms with Crippen LogP contribution in [0.25, 0.3) is 0 Å².